The molecule has 21 heavy (non-hydrogen) atoms. The van der Waals surface area contributed by atoms with E-state index < -0.39 is 18.0 Å². The zero-order valence-corrected chi connectivity index (χ0v) is 11.6. The molecule has 0 spiro atoms. The number of aliphatic hydroxyl groups is 1. The highest BCUT2D eigenvalue weighted by Gasteiger charge is 2.24. The molecule has 1 fully saturated rings. The van der Waals surface area contributed by atoms with Crippen LogP contribution in [0.4, 0.5) is 9.18 Å². The summed E-state index contributed by atoms with van der Waals surface area (Å²) >= 11 is 0. The van der Waals surface area contributed by atoms with E-state index in [0.717, 1.165) is 19.3 Å². The molecule has 2 amide bonds. The third-order valence-electron chi connectivity index (χ3n) is 3.66. The van der Waals surface area contributed by atoms with Crippen LogP contribution in [0.15, 0.2) is 18.2 Å². The van der Waals surface area contributed by atoms with Gasteiger partial charge in [-0.3, -0.25) is 0 Å². The van der Waals surface area contributed by atoms with Crippen LogP contribution in [0.25, 0.3) is 0 Å². The first-order valence-corrected chi connectivity index (χ1v) is 7.01. The van der Waals surface area contributed by atoms with E-state index >= 15 is 0 Å². The first-order chi connectivity index (χ1) is 10.1. The second-order valence-electron chi connectivity index (χ2n) is 5.20. The monoisotopic (exact) mass is 291 g/mol. The van der Waals surface area contributed by atoms with E-state index in [-0.39, 0.29) is 18.2 Å². The fourth-order valence-corrected chi connectivity index (χ4v) is 2.45. The first kappa shape index (κ1) is 15.3. The van der Waals surface area contributed by atoms with Crippen molar-refractivity contribution in [3.05, 3.63) is 35.1 Å². The van der Waals surface area contributed by atoms with Crippen molar-refractivity contribution in [1.82, 2.24) is 10.6 Å². The van der Waals surface area contributed by atoms with Crippen molar-refractivity contribution in [3.8, 4) is 6.07 Å². The predicted molar refractivity (Wildman–Crippen MR) is 74.7 cm³/mol. The average molecular weight is 291 g/mol. The van der Waals surface area contributed by atoms with Gasteiger partial charge in [0.25, 0.3) is 0 Å². The molecule has 5 nitrogen and oxygen atoms in total. The van der Waals surface area contributed by atoms with E-state index in [0.29, 0.717) is 12.0 Å². The smallest absolute Gasteiger partial charge is 0.315 e. The Balaban J connectivity index is 1.88. The lowest BCUT2D eigenvalue weighted by molar-refractivity contribution is 0.0943. The molecule has 112 valence electrons. The van der Waals surface area contributed by atoms with Gasteiger partial charge in [0.2, 0.25) is 0 Å². The van der Waals surface area contributed by atoms with Gasteiger partial charge in [-0.25, -0.2) is 9.18 Å². The molecule has 0 bridgehead atoms. The van der Waals surface area contributed by atoms with Gasteiger partial charge in [-0.1, -0.05) is 12.8 Å². The van der Waals surface area contributed by atoms with E-state index in [1.807, 2.05) is 6.07 Å². The van der Waals surface area contributed by atoms with Crippen molar-refractivity contribution in [2.45, 2.75) is 44.4 Å². The maximum Gasteiger partial charge on any atom is 0.315 e. The molecule has 2 rings (SSSR count). The predicted octanol–water partition coefficient (Wildman–Crippen LogP) is 1.80. The highest BCUT2D eigenvalue weighted by molar-refractivity contribution is 5.74. The maximum absolute atomic E-state index is 13.6. The summed E-state index contributed by atoms with van der Waals surface area (Å²) < 4.78 is 13.6. The Hall–Kier alpha value is -2.13. The minimum Gasteiger partial charge on any atom is -0.391 e. The van der Waals surface area contributed by atoms with E-state index in [4.69, 9.17) is 5.26 Å². The second-order valence-corrected chi connectivity index (χ2v) is 5.20. The first-order valence-electron chi connectivity index (χ1n) is 7.01. The number of hydrogen-bond acceptors (Lipinski definition) is 3. The van der Waals surface area contributed by atoms with Crippen molar-refractivity contribution in [2.75, 3.05) is 0 Å². The molecule has 2 atom stereocenters. The molecule has 3 N–H and O–H groups in total. The number of urea groups is 1. The number of carbonyl (C=O) groups excluding carboxylic acids is 1. The molecule has 1 aliphatic carbocycles. The number of nitrogens with zero attached hydrogens (tertiary/aromatic N) is 1. The van der Waals surface area contributed by atoms with Gasteiger partial charge in [-0.05, 0) is 31.0 Å². The Bertz CT molecular complexity index is 556. The fourth-order valence-electron chi connectivity index (χ4n) is 2.45. The number of hydrogen-bond donors (Lipinski definition) is 3. The normalized spacial score (nSPS) is 21.4. The molecule has 6 heteroatoms. The summed E-state index contributed by atoms with van der Waals surface area (Å²) in [4.78, 5) is 11.8. The zero-order valence-electron chi connectivity index (χ0n) is 11.6. The van der Waals surface area contributed by atoms with Gasteiger partial charge in [0.05, 0.1) is 23.8 Å². The molecular weight excluding hydrogens is 273 g/mol. The number of benzene rings is 1. The van der Waals surface area contributed by atoms with Crippen LogP contribution < -0.4 is 10.6 Å². The molecule has 0 aliphatic heterocycles. The lowest BCUT2D eigenvalue weighted by Crippen LogP contribution is -2.48. The van der Waals surface area contributed by atoms with Crippen molar-refractivity contribution < 1.29 is 14.3 Å². The Labute approximate surface area is 122 Å². The van der Waals surface area contributed by atoms with Crippen LogP contribution >= 0.6 is 0 Å². The zero-order chi connectivity index (χ0) is 15.2. The van der Waals surface area contributed by atoms with E-state index in [1.54, 1.807) is 0 Å². The fraction of sp³-hybridized carbons (Fsp3) is 0.467. The van der Waals surface area contributed by atoms with E-state index in [1.165, 1.54) is 18.2 Å². The summed E-state index contributed by atoms with van der Waals surface area (Å²) in [7, 11) is 0. The van der Waals surface area contributed by atoms with Crippen molar-refractivity contribution in [2.24, 2.45) is 0 Å². The van der Waals surface area contributed by atoms with Crippen molar-refractivity contribution >= 4 is 6.03 Å². The quantitative estimate of drug-likeness (QED) is 0.794. The average Bonchev–Trinajstić information content (AvgIpc) is 2.49. The van der Waals surface area contributed by atoms with Crippen LogP contribution in [0.3, 0.4) is 0 Å². The molecule has 0 saturated heterocycles. The Morgan fingerprint density at radius 1 is 1.43 bits per heavy atom. The molecule has 1 aromatic carbocycles. The molecule has 0 radical (unpaired) electrons. The number of amides is 2. The van der Waals surface area contributed by atoms with Gasteiger partial charge in [0.15, 0.2) is 0 Å². The Kier molecular flexibility index (Phi) is 5.12. The standard InChI is InChI=1S/C15H18FN3O2/c16-12-6-5-10(8-17)7-11(12)9-18-15(21)19-13-3-1-2-4-14(13)20/h5-7,13-14,20H,1-4,9H2,(H2,18,19,21)/t13-,14-/m1/s1. The SMILES string of the molecule is N#Cc1ccc(F)c(CNC(=O)N[C@@H]2CCCC[C@H]2O)c1. The van der Waals surface area contributed by atoms with Gasteiger partial charge < -0.3 is 15.7 Å². The van der Waals surface area contributed by atoms with Gasteiger partial charge in [0, 0.05) is 12.1 Å². The third-order valence-corrected chi connectivity index (χ3v) is 3.66. The van der Waals surface area contributed by atoms with Gasteiger partial charge in [0.1, 0.15) is 5.82 Å². The minimum absolute atomic E-state index is 0.00397. The van der Waals surface area contributed by atoms with E-state index in [2.05, 4.69) is 10.6 Å². The summed E-state index contributed by atoms with van der Waals surface area (Å²) in [6, 6.07) is 5.23. The molecule has 1 aromatic rings. The number of aliphatic hydroxyl groups excluding tert-OH is 1. The summed E-state index contributed by atoms with van der Waals surface area (Å²) in [5.74, 6) is -0.466. The minimum atomic E-state index is -0.525. The summed E-state index contributed by atoms with van der Waals surface area (Å²) in [6.45, 7) is -0.00397. The largest absolute Gasteiger partial charge is 0.391 e. The van der Waals surface area contributed by atoms with Gasteiger partial charge in [-0.15, -0.1) is 0 Å². The van der Waals surface area contributed by atoms with Crippen LogP contribution in [-0.4, -0.2) is 23.3 Å². The van der Waals surface area contributed by atoms with Crippen LogP contribution in [0.1, 0.15) is 36.8 Å². The maximum atomic E-state index is 13.6. The van der Waals surface area contributed by atoms with Crippen LogP contribution in [0.2, 0.25) is 0 Å². The highest BCUT2D eigenvalue weighted by atomic mass is 19.1. The molecule has 0 unspecified atom stereocenters. The van der Waals surface area contributed by atoms with Crippen LogP contribution in [0, 0.1) is 17.1 Å². The number of rotatable bonds is 3. The van der Waals surface area contributed by atoms with Crippen LogP contribution in [0.5, 0.6) is 0 Å². The van der Waals surface area contributed by atoms with Crippen LogP contribution in [-0.2, 0) is 6.54 Å². The van der Waals surface area contributed by atoms with E-state index in [9.17, 15) is 14.3 Å². The van der Waals surface area contributed by atoms with Crippen molar-refractivity contribution in [3.63, 3.8) is 0 Å². The number of nitriles is 1. The summed E-state index contributed by atoms with van der Waals surface area (Å²) in [5.41, 5.74) is 0.602. The molecule has 0 heterocycles. The highest BCUT2D eigenvalue weighted by Crippen LogP contribution is 2.18. The second kappa shape index (κ2) is 7.04. The third kappa shape index (κ3) is 4.17. The molecular formula is C15H18FN3O2. The van der Waals surface area contributed by atoms with Crippen molar-refractivity contribution in [1.29, 1.82) is 5.26 Å². The Morgan fingerprint density at radius 3 is 2.90 bits per heavy atom. The van der Waals surface area contributed by atoms with Gasteiger partial charge in [-0.2, -0.15) is 5.26 Å². The number of carbonyl (C=O) groups is 1. The molecule has 1 saturated carbocycles. The lowest BCUT2D eigenvalue weighted by atomic mass is 9.93. The van der Waals surface area contributed by atoms with Gasteiger partial charge >= 0.3 is 6.03 Å². The molecule has 1 aliphatic rings. The number of halogens is 1. The summed E-state index contributed by atoms with van der Waals surface area (Å²) in [5, 5.41) is 23.8. The summed E-state index contributed by atoms with van der Waals surface area (Å²) in [6.07, 6.45) is 2.84. The Morgan fingerprint density at radius 2 is 2.19 bits per heavy atom. The lowest BCUT2D eigenvalue weighted by Gasteiger charge is -2.28. The topological polar surface area (TPSA) is 85.2 Å². The number of nitrogens with one attached hydrogen (secondary N) is 2. The molecule has 0 aromatic heterocycles.